The van der Waals surface area contributed by atoms with E-state index in [0.29, 0.717) is 12.3 Å². The van der Waals surface area contributed by atoms with Crippen molar-refractivity contribution < 1.29 is 28.5 Å². The quantitative estimate of drug-likeness (QED) is 0.470. The highest BCUT2D eigenvalue weighted by molar-refractivity contribution is 5.79. The first-order chi connectivity index (χ1) is 13.4. The van der Waals surface area contributed by atoms with Gasteiger partial charge < -0.3 is 30.4 Å². The van der Waals surface area contributed by atoms with Gasteiger partial charge in [-0.3, -0.25) is 0 Å². The second kappa shape index (κ2) is 10.5. The molecule has 4 N–H and O–H groups in total. The van der Waals surface area contributed by atoms with Gasteiger partial charge in [0.15, 0.2) is 5.60 Å². The van der Waals surface area contributed by atoms with Crippen LogP contribution in [0.15, 0.2) is 24.3 Å². The molecule has 0 aromatic heterocycles. The number of hydrogen-bond donors (Lipinski definition) is 2. The molecule has 0 saturated carbocycles. The summed E-state index contributed by atoms with van der Waals surface area (Å²) in [6, 6.07) is 7.29. The van der Waals surface area contributed by atoms with E-state index >= 15 is 0 Å². The molecule has 2 atom stereocenters. The molecule has 0 aliphatic heterocycles. The van der Waals surface area contributed by atoms with Gasteiger partial charge in [0, 0.05) is 18.9 Å². The van der Waals surface area contributed by atoms with Crippen LogP contribution in [0.3, 0.4) is 0 Å². The summed E-state index contributed by atoms with van der Waals surface area (Å²) in [6.45, 7) is 10.9. The first-order valence-corrected chi connectivity index (χ1v) is 9.65. The minimum atomic E-state index is -1.29. The Hall–Kier alpha value is -2.32. The Morgan fingerprint density at radius 3 is 2.03 bits per heavy atom. The molecule has 0 spiro atoms. The number of ether oxygens (including phenoxy) is 4. The summed E-state index contributed by atoms with van der Waals surface area (Å²) in [5.41, 5.74) is 10.6. The van der Waals surface area contributed by atoms with Crippen LogP contribution < -0.4 is 16.2 Å². The van der Waals surface area contributed by atoms with Gasteiger partial charge in [-0.25, -0.2) is 9.59 Å². The van der Waals surface area contributed by atoms with Gasteiger partial charge in [0.1, 0.15) is 11.9 Å². The SMILES string of the molecule is CC(OC(=O)OC(CN)C(C)(C)C)OC(=O)C(C)(C)Oc1ccc(CCN)cc1. The zero-order valence-corrected chi connectivity index (χ0v) is 18.2. The highest BCUT2D eigenvalue weighted by Crippen LogP contribution is 2.23. The monoisotopic (exact) mass is 410 g/mol. The molecule has 0 amide bonds. The molecule has 0 saturated heterocycles. The van der Waals surface area contributed by atoms with Crippen LogP contribution in [0.2, 0.25) is 0 Å². The molecule has 8 nitrogen and oxygen atoms in total. The summed E-state index contributed by atoms with van der Waals surface area (Å²) in [7, 11) is 0. The third-order valence-corrected chi connectivity index (χ3v) is 4.17. The fraction of sp³-hybridized carbons (Fsp3) is 0.619. The average Bonchev–Trinajstić information content (AvgIpc) is 2.60. The standard InChI is InChI=1S/C21H34N2O6/c1-14(27-19(25)28-17(13-23)20(2,3)4)26-18(24)21(5,6)29-16-9-7-15(8-10-16)11-12-22/h7-10,14,17H,11-13,22-23H2,1-6H3. The molecule has 164 valence electrons. The van der Waals surface area contributed by atoms with Gasteiger partial charge in [-0.15, -0.1) is 0 Å². The summed E-state index contributed by atoms with van der Waals surface area (Å²) >= 11 is 0. The summed E-state index contributed by atoms with van der Waals surface area (Å²) in [6.07, 6.45) is -1.87. The van der Waals surface area contributed by atoms with E-state index < -0.39 is 30.1 Å². The zero-order chi connectivity index (χ0) is 22.2. The van der Waals surface area contributed by atoms with E-state index in [1.807, 2.05) is 32.9 Å². The normalized spacial score (nSPS) is 13.9. The Labute approximate surface area is 172 Å². The highest BCUT2D eigenvalue weighted by Gasteiger charge is 2.34. The predicted octanol–water partition coefficient (Wildman–Crippen LogP) is 2.76. The highest BCUT2D eigenvalue weighted by atomic mass is 16.8. The van der Waals surface area contributed by atoms with Crippen molar-refractivity contribution in [1.29, 1.82) is 0 Å². The van der Waals surface area contributed by atoms with Crippen molar-refractivity contribution >= 4 is 12.1 Å². The molecule has 2 unspecified atom stereocenters. The van der Waals surface area contributed by atoms with Gasteiger partial charge in [-0.1, -0.05) is 32.9 Å². The van der Waals surface area contributed by atoms with Crippen LogP contribution in [0.4, 0.5) is 4.79 Å². The molecule has 1 rings (SSSR count). The summed E-state index contributed by atoms with van der Waals surface area (Å²) < 4.78 is 21.1. The molecular formula is C21H34N2O6. The number of carbonyl (C=O) groups excluding carboxylic acids is 2. The lowest BCUT2D eigenvalue weighted by Gasteiger charge is -2.29. The fourth-order valence-corrected chi connectivity index (χ4v) is 2.40. The number of carbonyl (C=O) groups is 2. The fourth-order valence-electron chi connectivity index (χ4n) is 2.40. The van der Waals surface area contributed by atoms with Crippen molar-refractivity contribution in [3.63, 3.8) is 0 Å². The van der Waals surface area contributed by atoms with Gasteiger partial charge in [-0.2, -0.15) is 0 Å². The zero-order valence-electron chi connectivity index (χ0n) is 18.2. The van der Waals surface area contributed by atoms with Crippen molar-refractivity contribution in [2.45, 2.75) is 66.0 Å². The Bertz CT molecular complexity index is 667. The Morgan fingerprint density at radius 1 is 0.966 bits per heavy atom. The first-order valence-electron chi connectivity index (χ1n) is 9.65. The third-order valence-electron chi connectivity index (χ3n) is 4.17. The molecule has 0 aliphatic rings. The molecule has 0 bridgehead atoms. The number of esters is 1. The van der Waals surface area contributed by atoms with Crippen molar-refractivity contribution in [2.24, 2.45) is 16.9 Å². The second-order valence-electron chi connectivity index (χ2n) is 8.34. The van der Waals surface area contributed by atoms with Crippen LogP contribution in [0.5, 0.6) is 5.75 Å². The van der Waals surface area contributed by atoms with E-state index in [9.17, 15) is 9.59 Å². The second-order valence-corrected chi connectivity index (χ2v) is 8.34. The topological polar surface area (TPSA) is 123 Å². The van der Waals surface area contributed by atoms with E-state index in [1.54, 1.807) is 26.0 Å². The molecular weight excluding hydrogens is 376 g/mol. The van der Waals surface area contributed by atoms with E-state index in [4.69, 9.17) is 30.4 Å². The van der Waals surface area contributed by atoms with Crippen LogP contribution >= 0.6 is 0 Å². The molecule has 1 aromatic rings. The maximum Gasteiger partial charge on any atom is 0.511 e. The predicted molar refractivity (Wildman–Crippen MR) is 109 cm³/mol. The van der Waals surface area contributed by atoms with Crippen molar-refractivity contribution in [1.82, 2.24) is 0 Å². The Kier molecular flexibility index (Phi) is 8.91. The van der Waals surface area contributed by atoms with E-state index in [-0.39, 0.29) is 12.0 Å². The lowest BCUT2D eigenvalue weighted by Crippen LogP contribution is -2.42. The number of rotatable bonds is 9. The van der Waals surface area contributed by atoms with Crippen LogP contribution in [0.25, 0.3) is 0 Å². The number of benzene rings is 1. The van der Waals surface area contributed by atoms with E-state index in [0.717, 1.165) is 12.0 Å². The number of hydrogen-bond acceptors (Lipinski definition) is 8. The van der Waals surface area contributed by atoms with E-state index in [2.05, 4.69) is 0 Å². The van der Waals surface area contributed by atoms with Crippen LogP contribution in [-0.4, -0.2) is 43.2 Å². The van der Waals surface area contributed by atoms with Crippen LogP contribution in [0.1, 0.15) is 47.1 Å². The van der Waals surface area contributed by atoms with Crippen molar-refractivity contribution in [3.05, 3.63) is 29.8 Å². The summed E-state index contributed by atoms with van der Waals surface area (Å²) in [5.74, 6) is -0.174. The molecule has 0 fully saturated rings. The molecule has 1 aromatic carbocycles. The lowest BCUT2D eigenvalue weighted by molar-refractivity contribution is -0.184. The lowest BCUT2D eigenvalue weighted by atomic mass is 9.89. The van der Waals surface area contributed by atoms with Gasteiger partial charge in [0.25, 0.3) is 0 Å². The third kappa shape index (κ3) is 8.29. The Morgan fingerprint density at radius 2 is 1.55 bits per heavy atom. The molecule has 0 heterocycles. The first kappa shape index (κ1) is 24.7. The number of nitrogens with two attached hydrogens (primary N) is 2. The maximum absolute atomic E-state index is 12.5. The van der Waals surface area contributed by atoms with Crippen molar-refractivity contribution in [2.75, 3.05) is 13.1 Å². The summed E-state index contributed by atoms with van der Waals surface area (Å²) in [5, 5.41) is 0. The average molecular weight is 411 g/mol. The van der Waals surface area contributed by atoms with Gasteiger partial charge in [0.2, 0.25) is 6.29 Å². The molecule has 29 heavy (non-hydrogen) atoms. The minimum absolute atomic E-state index is 0.151. The van der Waals surface area contributed by atoms with Crippen molar-refractivity contribution in [3.8, 4) is 5.75 Å². The van der Waals surface area contributed by atoms with Crippen LogP contribution in [-0.2, 0) is 25.4 Å². The van der Waals surface area contributed by atoms with E-state index in [1.165, 1.54) is 6.92 Å². The summed E-state index contributed by atoms with van der Waals surface area (Å²) in [4.78, 5) is 24.4. The smallest absolute Gasteiger partial charge is 0.476 e. The molecule has 0 aliphatic carbocycles. The Balaban J connectivity index is 2.60. The molecule has 8 heteroatoms. The minimum Gasteiger partial charge on any atom is -0.476 e. The van der Waals surface area contributed by atoms with Gasteiger partial charge in [-0.05, 0) is 44.5 Å². The maximum atomic E-state index is 12.5. The van der Waals surface area contributed by atoms with Gasteiger partial charge in [0.05, 0.1) is 0 Å². The van der Waals surface area contributed by atoms with Crippen LogP contribution in [0, 0.1) is 5.41 Å². The largest absolute Gasteiger partial charge is 0.511 e. The van der Waals surface area contributed by atoms with Gasteiger partial charge >= 0.3 is 12.1 Å². The molecule has 0 radical (unpaired) electrons.